The van der Waals surface area contributed by atoms with Crippen molar-refractivity contribution in [2.24, 2.45) is 11.5 Å². The Kier molecular flexibility index (Phi) is 5.34. The number of rotatable bonds is 6. The zero-order valence-electron chi connectivity index (χ0n) is 17.2. The molecule has 0 aromatic carbocycles. The summed E-state index contributed by atoms with van der Waals surface area (Å²) in [6, 6.07) is -2.36. The molecule has 0 aromatic heterocycles. The summed E-state index contributed by atoms with van der Waals surface area (Å²) < 4.78 is 0. The van der Waals surface area contributed by atoms with E-state index in [0.29, 0.717) is 0 Å². The highest BCUT2D eigenvalue weighted by molar-refractivity contribution is 6.00. The fraction of sp³-hybridized carbons (Fsp3) is 0.778. The number of β-lactam (4-membered cyclic amide) rings is 1. The Bertz CT molecular complexity index is 789. The van der Waals surface area contributed by atoms with Crippen molar-refractivity contribution in [2.45, 2.75) is 75.2 Å². The van der Waals surface area contributed by atoms with E-state index in [4.69, 9.17) is 11.5 Å². The van der Waals surface area contributed by atoms with Crippen LogP contribution in [0.5, 0.6) is 0 Å². The highest BCUT2D eigenvalue weighted by Crippen LogP contribution is 2.54. The fourth-order valence-electron chi connectivity index (χ4n) is 5.52. The Morgan fingerprint density at radius 2 is 1.57 bits per heavy atom. The summed E-state index contributed by atoms with van der Waals surface area (Å²) in [5.41, 5.74) is 8.30. The molecule has 3 aliphatic heterocycles. The average molecular weight is 427 g/mol. The summed E-state index contributed by atoms with van der Waals surface area (Å²) in [4.78, 5) is 52.9. The Morgan fingerprint density at radius 1 is 1.03 bits per heavy atom. The summed E-state index contributed by atoms with van der Waals surface area (Å²) in [7, 11) is 0. The summed E-state index contributed by atoms with van der Waals surface area (Å²) >= 11 is 0. The first-order chi connectivity index (χ1) is 13.8. The van der Waals surface area contributed by atoms with Crippen molar-refractivity contribution in [3.8, 4) is 0 Å². The van der Waals surface area contributed by atoms with E-state index in [9.17, 15) is 34.5 Å². The van der Waals surface area contributed by atoms with E-state index in [0.717, 1.165) is 4.90 Å². The van der Waals surface area contributed by atoms with E-state index < -0.39 is 65.2 Å². The first-order valence-corrected chi connectivity index (χ1v) is 9.82. The van der Waals surface area contributed by atoms with Gasteiger partial charge in [0.05, 0.1) is 24.3 Å². The number of aliphatic hydroxyl groups is 3. The van der Waals surface area contributed by atoms with Crippen molar-refractivity contribution in [3.05, 3.63) is 0 Å². The van der Waals surface area contributed by atoms with Gasteiger partial charge in [0, 0.05) is 13.5 Å². The second-order valence-corrected chi connectivity index (χ2v) is 8.64. The van der Waals surface area contributed by atoms with Crippen LogP contribution in [0.3, 0.4) is 0 Å². The van der Waals surface area contributed by atoms with Crippen molar-refractivity contribution in [3.63, 3.8) is 0 Å². The fourth-order valence-corrected chi connectivity index (χ4v) is 5.52. The minimum Gasteiger partial charge on any atom is -0.391 e. The summed E-state index contributed by atoms with van der Waals surface area (Å²) in [6.07, 6.45) is -3.10. The molecule has 3 saturated heterocycles. The minimum absolute atomic E-state index is 0.00591. The van der Waals surface area contributed by atoms with Gasteiger partial charge in [0.25, 0.3) is 5.91 Å². The molecule has 12 nitrogen and oxygen atoms in total. The molecule has 3 unspecified atom stereocenters. The molecular weight excluding hydrogens is 398 g/mol. The number of nitrogens with zero attached hydrogens (tertiary/aromatic N) is 3. The van der Waals surface area contributed by atoms with Crippen molar-refractivity contribution >= 4 is 23.6 Å². The molecule has 0 saturated carbocycles. The van der Waals surface area contributed by atoms with Crippen LogP contribution in [0, 0.1) is 0 Å². The number of carbonyl (C=O) groups is 4. The van der Waals surface area contributed by atoms with Gasteiger partial charge in [0.15, 0.2) is 0 Å². The lowest BCUT2D eigenvalue weighted by molar-refractivity contribution is -0.236. The van der Waals surface area contributed by atoms with Crippen LogP contribution >= 0.6 is 0 Å². The van der Waals surface area contributed by atoms with Gasteiger partial charge in [0.1, 0.15) is 23.9 Å². The highest BCUT2D eigenvalue weighted by atomic mass is 16.3. The highest BCUT2D eigenvalue weighted by Gasteiger charge is 2.73. The van der Waals surface area contributed by atoms with Crippen LogP contribution in [0.2, 0.25) is 0 Å². The van der Waals surface area contributed by atoms with Crippen molar-refractivity contribution < 1.29 is 34.5 Å². The zero-order valence-corrected chi connectivity index (χ0v) is 17.2. The zero-order chi connectivity index (χ0) is 22.8. The van der Waals surface area contributed by atoms with Gasteiger partial charge in [-0.15, -0.1) is 0 Å². The minimum atomic E-state index is -1.31. The van der Waals surface area contributed by atoms with Crippen molar-refractivity contribution in [1.82, 2.24) is 14.7 Å². The van der Waals surface area contributed by atoms with Gasteiger partial charge in [-0.05, 0) is 26.7 Å². The SMILES string of the molecule is CC(=O)N1C2(CCC13CN([C@H](C(N)=O)[C@@H](C)O)C3O)CN([C@H](C(N)=O)[C@@H](C)O)C2=O. The van der Waals surface area contributed by atoms with Crippen LogP contribution in [0.15, 0.2) is 0 Å². The van der Waals surface area contributed by atoms with E-state index in [-0.39, 0.29) is 25.9 Å². The lowest BCUT2D eigenvalue weighted by Crippen LogP contribution is -2.85. The van der Waals surface area contributed by atoms with Crippen molar-refractivity contribution in [1.29, 1.82) is 0 Å². The number of amides is 4. The Morgan fingerprint density at radius 3 is 1.93 bits per heavy atom. The molecule has 3 aliphatic rings. The number of carbonyl (C=O) groups excluding carboxylic acids is 4. The van der Waals surface area contributed by atoms with Gasteiger partial charge in [-0.1, -0.05) is 0 Å². The van der Waals surface area contributed by atoms with E-state index in [1.54, 1.807) is 0 Å². The van der Waals surface area contributed by atoms with E-state index >= 15 is 0 Å². The molecule has 7 atom stereocenters. The van der Waals surface area contributed by atoms with Crippen molar-refractivity contribution in [2.75, 3.05) is 13.1 Å². The number of primary amides is 2. The maximum absolute atomic E-state index is 13.1. The smallest absolute Gasteiger partial charge is 0.251 e. The number of likely N-dealkylation sites (tertiary alicyclic amines) is 3. The first kappa shape index (κ1) is 22.4. The molecule has 0 bridgehead atoms. The van der Waals surface area contributed by atoms with E-state index in [1.807, 2.05) is 0 Å². The van der Waals surface area contributed by atoms with Gasteiger partial charge in [-0.2, -0.15) is 0 Å². The molecule has 3 fully saturated rings. The topological polar surface area (TPSA) is 191 Å². The van der Waals surface area contributed by atoms with E-state index in [1.165, 1.54) is 30.6 Å². The standard InChI is InChI=1S/C18H29N5O7/c1-8(24)11(13(19)27)21-6-17(15(21)29)4-5-18(23(17)10(3)26)7-22(16(18)30)12(9(2)25)14(20)28/h8-9,11-12,15,24-25,29H,4-7H2,1-3H3,(H2,19,27)(H2,20,28)/t8-,9-,11+,12+,15?,17?,18?/m1/s1. The van der Waals surface area contributed by atoms with Gasteiger partial charge in [0.2, 0.25) is 17.7 Å². The molecule has 168 valence electrons. The molecule has 0 aliphatic carbocycles. The first-order valence-electron chi connectivity index (χ1n) is 9.82. The van der Waals surface area contributed by atoms with Gasteiger partial charge >= 0.3 is 0 Å². The molecule has 12 heteroatoms. The van der Waals surface area contributed by atoms with Crippen LogP contribution in [0.1, 0.15) is 33.6 Å². The van der Waals surface area contributed by atoms with Crippen LogP contribution < -0.4 is 11.5 Å². The summed E-state index contributed by atoms with van der Waals surface area (Å²) in [6.45, 7) is 4.05. The molecule has 30 heavy (non-hydrogen) atoms. The second kappa shape index (κ2) is 7.15. The van der Waals surface area contributed by atoms with Crippen LogP contribution in [-0.2, 0) is 19.2 Å². The second-order valence-electron chi connectivity index (χ2n) is 8.64. The van der Waals surface area contributed by atoms with Crippen LogP contribution in [-0.4, -0.2) is 108 Å². The predicted octanol–water partition coefficient (Wildman–Crippen LogP) is -3.95. The Labute approximate surface area is 173 Å². The number of aliphatic hydroxyl groups excluding tert-OH is 3. The number of hydrogen-bond acceptors (Lipinski definition) is 8. The molecular formula is C18H29N5O7. The Hall–Kier alpha value is -2.28. The molecule has 0 aromatic rings. The number of hydrogen-bond donors (Lipinski definition) is 5. The normalized spacial score (nSPS) is 35.0. The predicted molar refractivity (Wildman–Crippen MR) is 101 cm³/mol. The molecule has 2 spiro atoms. The molecule has 3 rings (SSSR count). The van der Waals surface area contributed by atoms with E-state index in [2.05, 4.69) is 0 Å². The van der Waals surface area contributed by atoms with Crippen LogP contribution in [0.25, 0.3) is 0 Å². The molecule has 0 radical (unpaired) electrons. The van der Waals surface area contributed by atoms with Gasteiger partial charge in [-0.25, -0.2) is 0 Å². The third-order valence-corrected chi connectivity index (χ3v) is 6.69. The quantitative estimate of drug-likeness (QED) is 0.265. The van der Waals surface area contributed by atoms with Crippen LogP contribution in [0.4, 0.5) is 0 Å². The maximum atomic E-state index is 13.1. The van der Waals surface area contributed by atoms with Gasteiger partial charge < -0.3 is 36.6 Å². The molecule has 7 N–H and O–H groups in total. The lowest BCUT2D eigenvalue weighted by atomic mass is 9.81. The Balaban J connectivity index is 1.88. The maximum Gasteiger partial charge on any atom is 0.251 e. The largest absolute Gasteiger partial charge is 0.391 e. The third-order valence-electron chi connectivity index (χ3n) is 6.69. The summed E-state index contributed by atoms with van der Waals surface area (Å²) in [5.74, 6) is -2.63. The lowest BCUT2D eigenvalue weighted by Gasteiger charge is -2.63. The number of nitrogens with two attached hydrogens (primary N) is 2. The average Bonchev–Trinajstić information content (AvgIpc) is 2.99. The monoisotopic (exact) mass is 427 g/mol. The van der Waals surface area contributed by atoms with Gasteiger partial charge in [-0.3, -0.25) is 24.1 Å². The molecule has 3 heterocycles. The summed E-state index contributed by atoms with van der Waals surface area (Å²) in [5, 5.41) is 30.6. The third kappa shape index (κ3) is 2.82. The molecule has 4 amide bonds.